The van der Waals surface area contributed by atoms with Crippen LogP contribution in [-0.2, 0) is 16.1 Å². The molecule has 8 nitrogen and oxygen atoms in total. The van der Waals surface area contributed by atoms with Crippen LogP contribution in [0.1, 0.15) is 20.8 Å². The van der Waals surface area contributed by atoms with Crippen molar-refractivity contribution in [2.24, 2.45) is 0 Å². The minimum Gasteiger partial charge on any atom is -0.383 e. The van der Waals surface area contributed by atoms with Gasteiger partial charge in [0.2, 0.25) is 5.91 Å². The Morgan fingerprint density at radius 3 is 2.88 bits per heavy atom. The van der Waals surface area contributed by atoms with Crippen molar-refractivity contribution in [2.75, 3.05) is 32.1 Å². The molecule has 2 aromatic rings. The summed E-state index contributed by atoms with van der Waals surface area (Å²) in [4.78, 5) is 20.8. The zero-order valence-electron chi connectivity index (χ0n) is 15.7. The van der Waals surface area contributed by atoms with E-state index in [4.69, 9.17) is 4.74 Å². The Balaban J connectivity index is 2.22. The molecule has 9 heteroatoms. The molecule has 2 aromatic heterocycles. The third-order valence-corrected chi connectivity index (χ3v) is 4.22. The van der Waals surface area contributed by atoms with E-state index >= 15 is 0 Å². The van der Waals surface area contributed by atoms with Gasteiger partial charge in [-0.25, -0.2) is 14.6 Å². The van der Waals surface area contributed by atoms with Gasteiger partial charge < -0.3 is 15.4 Å². The second-order valence-electron chi connectivity index (χ2n) is 5.84. The van der Waals surface area contributed by atoms with E-state index in [0.717, 1.165) is 16.9 Å². The smallest absolute Gasteiger partial charge is 0.243 e. The number of thioether (sulfide) groups is 1. The molecule has 0 spiro atoms. The standard InChI is InChI=1S/C17H26N6O2S/c1-5-6-14(24)18-7-9-23-16-13(11-20-23)15(19-8-10-25-4)21-17(22-16)26-12(2)3/h5-6,11-12H,7-10H2,1-4H3,(H,18,24)(H,19,21,22)/b6-5-. The molecule has 2 rings (SSSR count). The van der Waals surface area contributed by atoms with E-state index < -0.39 is 0 Å². The molecule has 0 aromatic carbocycles. The van der Waals surface area contributed by atoms with E-state index in [2.05, 4.69) is 39.5 Å². The molecule has 0 bridgehead atoms. The van der Waals surface area contributed by atoms with Crippen LogP contribution in [0, 0.1) is 0 Å². The molecule has 2 N–H and O–H groups in total. The molecular formula is C17H26N6O2S. The third-order valence-electron chi connectivity index (χ3n) is 3.36. The van der Waals surface area contributed by atoms with Gasteiger partial charge in [-0.1, -0.05) is 31.7 Å². The molecule has 0 fully saturated rings. The molecule has 0 aliphatic carbocycles. The van der Waals surface area contributed by atoms with E-state index in [1.54, 1.807) is 35.8 Å². The van der Waals surface area contributed by atoms with Gasteiger partial charge in [0.25, 0.3) is 0 Å². The highest BCUT2D eigenvalue weighted by Crippen LogP contribution is 2.26. The van der Waals surface area contributed by atoms with Crippen LogP contribution in [0.3, 0.4) is 0 Å². The molecule has 2 heterocycles. The Kier molecular flexibility index (Phi) is 7.86. The first-order valence-electron chi connectivity index (χ1n) is 8.58. The number of fused-ring (bicyclic) bond motifs is 1. The van der Waals surface area contributed by atoms with Crippen molar-refractivity contribution in [1.82, 2.24) is 25.1 Å². The lowest BCUT2D eigenvalue weighted by atomic mass is 10.4. The monoisotopic (exact) mass is 378 g/mol. The summed E-state index contributed by atoms with van der Waals surface area (Å²) in [5, 5.41) is 12.4. The van der Waals surface area contributed by atoms with E-state index in [0.29, 0.717) is 36.6 Å². The summed E-state index contributed by atoms with van der Waals surface area (Å²) in [5.41, 5.74) is 0.753. The quantitative estimate of drug-likeness (QED) is 0.283. The predicted molar refractivity (Wildman–Crippen MR) is 105 cm³/mol. The molecule has 142 valence electrons. The predicted octanol–water partition coefficient (Wildman–Crippen LogP) is 2.08. The van der Waals surface area contributed by atoms with Crippen LogP contribution in [0.2, 0.25) is 0 Å². The van der Waals surface area contributed by atoms with Crippen molar-refractivity contribution in [3.63, 3.8) is 0 Å². The number of allylic oxidation sites excluding steroid dienone is 1. The summed E-state index contributed by atoms with van der Waals surface area (Å²) >= 11 is 1.60. The lowest BCUT2D eigenvalue weighted by Gasteiger charge is -2.10. The number of anilines is 1. The van der Waals surface area contributed by atoms with Crippen LogP contribution in [-0.4, -0.2) is 57.7 Å². The number of hydrogen-bond acceptors (Lipinski definition) is 7. The maximum absolute atomic E-state index is 11.5. The summed E-state index contributed by atoms with van der Waals surface area (Å²) in [7, 11) is 1.66. The lowest BCUT2D eigenvalue weighted by Crippen LogP contribution is -2.25. The molecule has 0 aliphatic heterocycles. The van der Waals surface area contributed by atoms with Crippen molar-refractivity contribution in [3.05, 3.63) is 18.3 Å². The summed E-state index contributed by atoms with van der Waals surface area (Å²) < 4.78 is 6.88. The van der Waals surface area contributed by atoms with Crippen LogP contribution in [0.25, 0.3) is 11.0 Å². The number of aromatic nitrogens is 4. The number of hydrogen-bond donors (Lipinski definition) is 2. The Hall–Kier alpha value is -2.13. The highest BCUT2D eigenvalue weighted by atomic mass is 32.2. The zero-order valence-corrected chi connectivity index (χ0v) is 16.5. The van der Waals surface area contributed by atoms with Crippen LogP contribution < -0.4 is 10.6 Å². The largest absolute Gasteiger partial charge is 0.383 e. The van der Waals surface area contributed by atoms with Gasteiger partial charge in [-0.2, -0.15) is 5.10 Å². The minimum atomic E-state index is -0.114. The maximum Gasteiger partial charge on any atom is 0.243 e. The number of nitrogens with one attached hydrogen (secondary N) is 2. The second kappa shape index (κ2) is 10.1. The Bertz CT molecular complexity index is 759. The van der Waals surface area contributed by atoms with Gasteiger partial charge in [0.05, 0.1) is 24.7 Å². The number of carbonyl (C=O) groups is 1. The Morgan fingerprint density at radius 2 is 2.19 bits per heavy atom. The fraction of sp³-hybridized carbons (Fsp3) is 0.529. The Labute approximate surface area is 157 Å². The molecule has 0 aliphatic rings. The number of rotatable bonds is 10. The number of amides is 1. The van der Waals surface area contributed by atoms with Crippen molar-refractivity contribution in [1.29, 1.82) is 0 Å². The van der Waals surface area contributed by atoms with E-state index in [-0.39, 0.29) is 5.91 Å². The van der Waals surface area contributed by atoms with Gasteiger partial charge in [-0.15, -0.1) is 0 Å². The Morgan fingerprint density at radius 1 is 1.38 bits per heavy atom. The molecule has 0 saturated heterocycles. The summed E-state index contributed by atoms with van der Waals surface area (Å²) in [5.74, 6) is 0.635. The van der Waals surface area contributed by atoms with Gasteiger partial charge in [0.1, 0.15) is 5.82 Å². The van der Waals surface area contributed by atoms with Gasteiger partial charge in [0, 0.05) is 25.4 Å². The molecule has 1 amide bonds. The van der Waals surface area contributed by atoms with E-state index in [1.165, 1.54) is 6.08 Å². The molecule has 0 atom stereocenters. The van der Waals surface area contributed by atoms with E-state index in [9.17, 15) is 4.79 Å². The fourth-order valence-corrected chi connectivity index (χ4v) is 2.97. The number of carbonyl (C=O) groups excluding carboxylic acids is 1. The fourth-order valence-electron chi connectivity index (χ4n) is 2.26. The van der Waals surface area contributed by atoms with Crippen molar-refractivity contribution < 1.29 is 9.53 Å². The van der Waals surface area contributed by atoms with Gasteiger partial charge in [0.15, 0.2) is 10.8 Å². The van der Waals surface area contributed by atoms with Crippen molar-refractivity contribution >= 4 is 34.5 Å². The first kappa shape index (κ1) is 20.2. The average Bonchev–Trinajstić information content (AvgIpc) is 2.98. The third kappa shape index (κ3) is 5.70. The maximum atomic E-state index is 11.5. The second-order valence-corrected chi connectivity index (χ2v) is 7.38. The van der Waals surface area contributed by atoms with Crippen LogP contribution in [0.4, 0.5) is 5.82 Å². The lowest BCUT2D eigenvalue weighted by molar-refractivity contribution is -0.116. The van der Waals surface area contributed by atoms with Crippen molar-refractivity contribution in [2.45, 2.75) is 37.7 Å². The van der Waals surface area contributed by atoms with Crippen LogP contribution in [0.5, 0.6) is 0 Å². The van der Waals surface area contributed by atoms with Crippen LogP contribution in [0.15, 0.2) is 23.5 Å². The SMILES string of the molecule is C/C=C\C(=O)NCCn1ncc2c(NCCOC)nc(SC(C)C)nc21. The van der Waals surface area contributed by atoms with Crippen LogP contribution >= 0.6 is 11.8 Å². The summed E-state index contributed by atoms with van der Waals surface area (Å²) in [6.45, 7) is 8.26. The topological polar surface area (TPSA) is 94.0 Å². The summed E-state index contributed by atoms with van der Waals surface area (Å²) in [6.07, 6.45) is 4.96. The van der Waals surface area contributed by atoms with Gasteiger partial charge in [-0.3, -0.25) is 4.79 Å². The summed E-state index contributed by atoms with van der Waals surface area (Å²) in [6, 6.07) is 0. The molecule has 26 heavy (non-hydrogen) atoms. The zero-order chi connectivity index (χ0) is 18.9. The normalized spacial score (nSPS) is 11.6. The number of ether oxygens (including phenoxy) is 1. The van der Waals surface area contributed by atoms with Gasteiger partial charge in [-0.05, 0) is 13.0 Å². The number of nitrogens with zero attached hydrogens (tertiary/aromatic N) is 4. The molecule has 0 saturated carbocycles. The number of methoxy groups -OCH3 is 1. The average molecular weight is 379 g/mol. The first-order valence-corrected chi connectivity index (χ1v) is 9.46. The highest BCUT2D eigenvalue weighted by Gasteiger charge is 2.14. The van der Waals surface area contributed by atoms with Gasteiger partial charge >= 0.3 is 0 Å². The molecule has 0 radical (unpaired) electrons. The first-order chi connectivity index (χ1) is 12.5. The van der Waals surface area contributed by atoms with E-state index in [1.807, 2.05) is 6.92 Å². The minimum absolute atomic E-state index is 0.114. The molecule has 0 unspecified atom stereocenters. The van der Waals surface area contributed by atoms with Crippen molar-refractivity contribution in [3.8, 4) is 0 Å². The molecular weight excluding hydrogens is 352 g/mol. The highest BCUT2D eigenvalue weighted by molar-refractivity contribution is 7.99.